The fraction of sp³-hybridized carbons (Fsp3) is 0.263. The second-order valence-electron chi connectivity index (χ2n) is 5.93. The van der Waals surface area contributed by atoms with Crippen LogP contribution in [0.4, 0.5) is 10.1 Å². The summed E-state index contributed by atoms with van der Waals surface area (Å²) in [6.07, 6.45) is 0.162. The summed E-state index contributed by atoms with van der Waals surface area (Å²) < 4.78 is 23.7. The largest absolute Gasteiger partial charge is 0.493 e. The molecule has 0 aromatic heterocycles. The predicted molar refractivity (Wildman–Crippen MR) is 94.2 cm³/mol. The van der Waals surface area contributed by atoms with E-state index in [1.807, 2.05) is 0 Å². The number of halogens is 1. The molecule has 0 saturated carbocycles. The van der Waals surface area contributed by atoms with Crippen LogP contribution in [0.15, 0.2) is 42.5 Å². The quantitative estimate of drug-likeness (QED) is 0.891. The van der Waals surface area contributed by atoms with Gasteiger partial charge in [0.1, 0.15) is 5.82 Å². The van der Waals surface area contributed by atoms with Gasteiger partial charge in [-0.15, -0.1) is 0 Å². The van der Waals surface area contributed by atoms with E-state index in [2.05, 4.69) is 5.32 Å². The van der Waals surface area contributed by atoms with Crippen molar-refractivity contribution in [3.05, 3.63) is 53.8 Å². The summed E-state index contributed by atoms with van der Waals surface area (Å²) >= 11 is 0. The molecule has 2 aromatic carbocycles. The van der Waals surface area contributed by atoms with Crippen LogP contribution in [0.1, 0.15) is 16.8 Å². The molecule has 0 bridgehead atoms. The third-order valence-electron chi connectivity index (χ3n) is 4.23. The highest BCUT2D eigenvalue weighted by molar-refractivity contribution is 5.99. The van der Waals surface area contributed by atoms with Crippen molar-refractivity contribution >= 4 is 17.5 Å². The first kappa shape index (κ1) is 17.7. The summed E-state index contributed by atoms with van der Waals surface area (Å²) in [6, 6.07) is 10.3. The highest BCUT2D eigenvalue weighted by atomic mass is 19.1. The molecule has 1 fully saturated rings. The van der Waals surface area contributed by atoms with Crippen LogP contribution in [0.3, 0.4) is 0 Å². The van der Waals surface area contributed by atoms with Crippen molar-refractivity contribution in [2.24, 2.45) is 0 Å². The Morgan fingerprint density at radius 1 is 1.15 bits per heavy atom. The highest BCUT2D eigenvalue weighted by Gasteiger charge is 2.32. The number of anilines is 1. The number of rotatable bonds is 5. The van der Waals surface area contributed by atoms with E-state index in [0.717, 1.165) is 0 Å². The number of carbonyl (C=O) groups is 2. The summed E-state index contributed by atoms with van der Waals surface area (Å²) in [5.74, 6) is 0.0904. The van der Waals surface area contributed by atoms with Crippen LogP contribution < -0.4 is 19.7 Å². The van der Waals surface area contributed by atoms with E-state index in [4.69, 9.17) is 9.47 Å². The molecular formula is C19H19FN2O4. The van der Waals surface area contributed by atoms with Crippen molar-refractivity contribution in [1.82, 2.24) is 5.32 Å². The van der Waals surface area contributed by atoms with Gasteiger partial charge in [-0.05, 0) is 36.4 Å². The van der Waals surface area contributed by atoms with E-state index in [1.54, 1.807) is 30.3 Å². The summed E-state index contributed by atoms with van der Waals surface area (Å²) in [5, 5.41) is 2.84. The number of nitrogens with zero attached hydrogens (tertiary/aromatic N) is 1. The van der Waals surface area contributed by atoms with E-state index in [1.165, 1.54) is 31.3 Å². The van der Waals surface area contributed by atoms with Crippen molar-refractivity contribution in [2.45, 2.75) is 12.5 Å². The van der Waals surface area contributed by atoms with Gasteiger partial charge in [-0.25, -0.2) is 4.39 Å². The van der Waals surface area contributed by atoms with Crippen LogP contribution in [0.5, 0.6) is 11.5 Å². The van der Waals surface area contributed by atoms with Gasteiger partial charge in [-0.3, -0.25) is 9.59 Å². The molecule has 0 unspecified atom stereocenters. The first-order chi connectivity index (χ1) is 12.5. The normalized spacial score (nSPS) is 16.5. The second-order valence-corrected chi connectivity index (χ2v) is 5.93. The Labute approximate surface area is 150 Å². The highest BCUT2D eigenvalue weighted by Crippen LogP contribution is 2.28. The van der Waals surface area contributed by atoms with E-state index in [-0.39, 0.29) is 24.3 Å². The van der Waals surface area contributed by atoms with Crippen LogP contribution in [0.2, 0.25) is 0 Å². The van der Waals surface area contributed by atoms with Crippen LogP contribution in [0.25, 0.3) is 0 Å². The Kier molecular flexibility index (Phi) is 5.06. The molecule has 1 atom stereocenters. The predicted octanol–water partition coefficient (Wildman–Crippen LogP) is 2.38. The SMILES string of the molecule is COc1ccc(C(=O)N[C@@H]2CC(=O)N(c3cccc(F)c3)C2)cc1OC. The third kappa shape index (κ3) is 3.61. The van der Waals surface area contributed by atoms with Gasteiger partial charge in [0.2, 0.25) is 5.91 Å². The lowest BCUT2D eigenvalue weighted by atomic mass is 10.1. The molecule has 1 aliphatic rings. The van der Waals surface area contributed by atoms with Gasteiger partial charge < -0.3 is 19.7 Å². The lowest BCUT2D eigenvalue weighted by molar-refractivity contribution is -0.117. The first-order valence-electron chi connectivity index (χ1n) is 8.10. The van der Waals surface area contributed by atoms with Gasteiger partial charge in [0.15, 0.2) is 11.5 Å². The lowest BCUT2D eigenvalue weighted by Crippen LogP contribution is -2.37. The molecule has 2 aromatic rings. The molecule has 6 nitrogen and oxygen atoms in total. The van der Waals surface area contributed by atoms with E-state index < -0.39 is 5.82 Å². The summed E-state index contributed by atoms with van der Waals surface area (Å²) in [7, 11) is 3.01. The third-order valence-corrected chi connectivity index (χ3v) is 4.23. The summed E-state index contributed by atoms with van der Waals surface area (Å²) in [4.78, 5) is 26.2. The van der Waals surface area contributed by atoms with Crippen LogP contribution in [-0.2, 0) is 4.79 Å². The Balaban J connectivity index is 1.70. The smallest absolute Gasteiger partial charge is 0.251 e. The van der Waals surface area contributed by atoms with E-state index in [0.29, 0.717) is 29.3 Å². The average molecular weight is 358 g/mol. The molecule has 3 rings (SSSR count). The zero-order valence-corrected chi connectivity index (χ0v) is 14.5. The van der Waals surface area contributed by atoms with Crippen molar-refractivity contribution in [3.63, 3.8) is 0 Å². The zero-order valence-electron chi connectivity index (χ0n) is 14.5. The molecular weight excluding hydrogens is 339 g/mol. The van der Waals surface area contributed by atoms with Gasteiger partial charge >= 0.3 is 0 Å². The van der Waals surface area contributed by atoms with Crippen LogP contribution >= 0.6 is 0 Å². The Hall–Kier alpha value is -3.09. The molecule has 7 heteroatoms. The minimum atomic E-state index is -0.409. The lowest BCUT2D eigenvalue weighted by Gasteiger charge is -2.17. The molecule has 136 valence electrons. The molecule has 0 radical (unpaired) electrons. The minimum absolute atomic E-state index is 0.159. The van der Waals surface area contributed by atoms with E-state index in [9.17, 15) is 14.0 Å². The number of amides is 2. The van der Waals surface area contributed by atoms with Gasteiger partial charge in [-0.2, -0.15) is 0 Å². The number of ether oxygens (including phenoxy) is 2. The van der Waals surface area contributed by atoms with Gasteiger partial charge in [0.25, 0.3) is 5.91 Å². The molecule has 1 saturated heterocycles. The monoisotopic (exact) mass is 358 g/mol. The molecule has 1 heterocycles. The fourth-order valence-electron chi connectivity index (χ4n) is 2.94. The number of benzene rings is 2. The zero-order chi connectivity index (χ0) is 18.7. The number of carbonyl (C=O) groups excluding carboxylic acids is 2. The minimum Gasteiger partial charge on any atom is -0.493 e. The van der Waals surface area contributed by atoms with Crippen molar-refractivity contribution in [1.29, 1.82) is 0 Å². The summed E-state index contributed by atoms with van der Waals surface area (Å²) in [6.45, 7) is 0.293. The second kappa shape index (κ2) is 7.43. The van der Waals surface area contributed by atoms with E-state index >= 15 is 0 Å². The van der Waals surface area contributed by atoms with Crippen molar-refractivity contribution in [3.8, 4) is 11.5 Å². The van der Waals surface area contributed by atoms with Crippen molar-refractivity contribution in [2.75, 3.05) is 25.7 Å². The standard InChI is InChI=1S/C19H19FN2O4/c1-25-16-7-6-12(8-17(16)26-2)19(24)21-14-10-18(23)22(11-14)15-5-3-4-13(20)9-15/h3-9,14H,10-11H2,1-2H3,(H,21,24)/t14-/m1/s1. The molecule has 2 amide bonds. The molecule has 1 N–H and O–H groups in total. The number of hydrogen-bond acceptors (Lipinski definition) is 4. The fourth-order valence-corrected chi connectivity index (χ4v) is 2.94. The Morgan fingerprint density at radius 2 is 1.92 bits per heavy atom. The number of methoxy groups -OCH3 is 2. The Bertz CT molecular complexity index is 840. The van der Waals surface area contributed by atoms with Crippen LogP contribution in [0, 0.1) is 5.82 Å². The maximum Gasteiger partial charge on any atom is 0.251 e. The summed E-state index contributed by atoms with van der Waals surface area (Å²) in [5.41, 5.74) is 0.886. The number of nitrogens with one attached hydrogen (secondary N) is 1. The molecule has 26 heavy (non-hydrogen) atoms. The van der Waals surface area contributed by atoms with Gasteiger partial charge in [0.05, 0.1) is 20.3 Å². The van der Waals surface area contributed by atoms with Gasteiger partial charge in [0, 0.05) is 24.2 Å². The molecule has 0 spiro atoms. The average Bonchev–Trinajstić information content (AvgIpc) is 3.01. The maximum atomic E-state index is 13.4. The maximum absolute atomic E-state index is 13.4. The first-order valence-corrected chi connectivity index (χ1v) is 8.10. The van der Waals surface area contributed by atoms with Crippen LogP contribution in [-0.4, -0.2) is 38.6 Å². The molecule has 1 aliphatic heterocycles. The van der Waals surface area contributed by atoms with Crippen molar-refractivity contribution < 1.29 is 23.5 Å². The Morgan fingerprint density at radius 3 is 2.62 bits per heavy atom. The number of hydrogen-bond donors (Lipinski definition) is 1. The van der Waals surface area contributed by atoms with Gasteiger partial charge in [-0.1, -0.05) is 6.07 Å². The topological polar surface area (TPSA) is 67.9 Å². The molecule has 0 aliphatic carbocycles.